The van der Waals surface area contributed by atoms with Gasteiger partial charge in [0.25, 0.3) is 11.5 Å². The molecule has 1 aliphatic rings. The molecule has 1 aromatic heterocycles. The van der Waals surface area contributed by atoms with Crippen LogP contribution in [0, 0.1) is 0 Å². The van der Waals surface area contributed by atoms with Crippen molar-refractivity contribution in [1.29, 1.82) is 0 Å². The average Bonchev–Trinajstić information content (AvgIpc) is 2.76. The Morgan fingerprint density at radius 3 is 2.69 bits per heavy atom. The molecule has 1 heterocycles. The number of H-pyrrole nitrogens is 1. The van der Waals surface area contributed by atoms with E-state index in [0.717, 1.165) is 24.8 Å². The minimum absolute atomic E-state index is 0.0151. The molecule has 0 spiro atoms. The summed E-state index contributed by atoms with van der Waals surface area (Å²) in [5.41, 5.74) is 2.00. The van der Waals surface area contributed by atoms with Gasteiger partial charge in [0, 0.05) is 12.4 Å². The van der Waals surface area contributed by atoms with Crippen molar-refractivity contribution in [1.82, 2.24) is 15.1 Å². The summed E-state index contributed by atoms with van der Waals surface area (Å²) in [5, 5.41) is 6.84. The highest BCUT2D eigenvalue weighted by Gasteiger charge is 2.27. The zero-order valence-electron chi connectivity index (χ0n) is 16.1. The third kappa shape index (κ3) is 3.63. The van der Waals surface area contributed by atoms with Gasteiger partial charge in [-0.1, -0.05) is 42.5 Å². The molecule has 2 aromatic carbocycles. The van der Waals surface area contributed by atoms with Gasteiger partial charge in [-0.05, 0) is 36.5 Å². The lowest BCUT2D eigenvalue weighted by Gasteiger charge is -2.33. The van der Waals surface area contributed by atoms with E-state index >= 15 is 0 Å². The van der Waals surface area contributed by atoms with Crippen molar-refractivity contribution in [3.63, 3.8) is 0 Å². The van der Waals surface area contributed by atoms with Crippen LogP contribution in [0.1, 0.15) is 40.5 Å². The van der Waals surface area contributed by atoms with Gasteiger partial charge >= 0.3 is 5.97 Å². The molecule has 0 bridgehead atoms. The lowest BCUT2D eigenvalue weighted by atomic mass is 9.87. The number of aromatic nitrogens is 2. The molecule has 1 N–H and O–H groups in total. The highest BCUT2D eigenvalue weighted by atomic mass is 16.5. The maximum atomic E-state index is 12.7. The van der Waals surface area contributed by atoms with Gasteiger partial charge in [-0.15, -0.1) is 0 Å². The van der Waals surface area contributed by atoms with E-state index in [2.05, 4.69) is 16.3 Å². The monoisotopic (exact) mass is 391 g/mol. The van der Waals surface area contributed by atoms with Gasteiger partial charge in [0.15, 0.2) is 12.3 Å². The van der Waals surface area contributed by atoms with Crippen LogP contribution in [-0.4, -0.2) is 40.6 Å². The molecule has 0 saturated carbocycles. The summed E-state index contributed by atoms with van der Waals surface area (Å²) >= 11 is 0. The average molecular weight is 391 g/mol. The van der Waals surface area contributed by atoms with Crippen LogP contribution in [0.2, 0.25) is 0 Å². The van der Waals surface area contributed by atoms with E-state index in [-0.39, 0.29) is 29.8 Å². The van der Waals surface area contributed by atoms with E-state index < -0.39 is 5.97 Å². The van der Waals surface area contributed by atoms with Crippen molar-refractivity contribution >= 4 is 22.6 Å². The fourth-order valence-corrected chi connectivity index (χ4v) is 3.87. The number of amides is 1. The standard InChI is InChI=1S/C22H21N3O4/c1-25(18-12-6-8-14-7-2-3-9-15(14)18)19(26)13-29-22(28)20-16-10-4-5-11-17(16)21(27)24-23-20/h2-5,7,9-11,18H,6,8,12-13H2,1H3,(H,24,27). The number of carbonyl (C=O) groups is 2. The van der Waals surface area contributed by atoms with Crippen molar-refractivity contribution < 1.29 is 14.3 Å². The maximum Gasteiger partial charge on any atom is 0.359 e. The van der Waals surface area contributed by atoms with Crippen molar-refractivity contribution in [2.75, 3.05) is 13.7 Å². The van der Waals surface area contributed by atoms with Gasteiger partial charge in [-0.3, -0.25) is 9.59 Å². The van der Waals surface area contributed by atoms with E-state index in [0.29, 0.717) is 10.8 Å². The number of aryl methyl sites for hydroxylation is 1. The normalized spacial score (nSPS) is 15.6. The molecule has 148 valence electrons. The number of ether oxygens (including phenoxy) is 1. The molecule has 0 saturated heterocycles. The first-order valence-corrected chi connectivity index (χ1v) is 9.54. The predicted octanol–water partition coefficient (Wildman–Crippen LogP) is 2.62. The second-order valence-corrected chi connectivity index (χ2v) is 7.13. The second-order valence-electron chi connectivity index (χ2n) is 7.13. The van der Waals surface area contributed by atoms with Gasteiger partial charge in [0.1, 0.15) is 0 Å². The molecule has 1 unspecified atom stereocenters. The smallest absolute Gasteiger partial charge is 0.359 e. The molecule has 7 heteroatoms. The van der Waals surface area contributed by atoms with Crippen molar-refractivity contribution in [2.24, 2.45) is 0 Å². The van der Waals surface area contributed by atoms with Crippen LogP contribution in [0.3, 0.4) is 0 Å². The van der Waals surface area contributed by atoms with Crippen LogP contribution in [-0.2, 0) is 16.0 Å². The Balaban J connectivity index is 1.47. The molecule has 1 aliphatic carbocycles. The molecule has 7 nitrogen and oxygen atoms in total. The first-order chi connectivity index (χ1) is 14.1. The summed E-state index contributed by atoms with van der Waals surface area (Å²) in [7, 11) is 1.73. The van der Waals surface area contributed by atoms with E-state index in [1.807, 2.05) is 18.2 Å². The van der Waals surface area contributed by atoms with Crippen molar-refractivity contribution in [3.05, 3.63) is 75.7 Å². The van der Waals surface area contributed by atoms with Gasteiger partial charge in [0.2, 0.25) is 0 Å². The highest BCUT2D eigenvalue weighted by molar-refractivity contribution is 6.02. The Morgan fingerprint density at radius 1 is 1.14 bits per heavy atom. The number of nitrogens with zero attached hydrogens (tertiary/aromatic N) is 2. The van der Waals surface area contributed by atoms with Crippen LogP contribution in [0.4, 0.5) is 0 Å². The number of esters is 1. The Bertz CT molecular complexity index is 1140. The zero-order chi connectivity index (χ0) is 20.4. The van der Waals surface area contributed by atoms with Gasteiger partial charge in [-0.2, -0.15) is 5.10 Å². The van der Waals surface area contributed by atoms with E-state index in [9.17, 15) is 14.4 Å². The predicted molar refractivity (Wildman–Crippen MR) is 108 cm³/mol. The first-order valence-electron chi connectivity index (χ1n) is 9.54. The second kappa shape index (κ2) is 7.87. The SMILES string of the molecule is CN(C(=O)COC(=O)c1n[nH]c(=O)c2ccccc12)C1CCCc2ccccc21. The van der Waals surface area contributed by atoms with Gasteiger partial charge in [0.05, 0.1) is 11.4 Å². The summed E-state index contributed by atoms with van der Waals surface area (Å²) in [4.78, 5) is 38.7. The number of hydrogen-bond donors (Lipinski definition) is 1. The van der Waals surface area contributed by atoms with Crippen LogP contribution in [0.5, 0.6) is 0 Å². The summed E-state index contributed by atoms with van der Waals surface area (Å²) in [6.45, 7) is -0.386. The third-order valence-electron chi connectivity index (χ3n) is 5.41. The van der Waals surface area contributed by atoms with E-state index in [1.54, 1.807) is 36.2 Å². The summed E-state index contributed by atoms with van der Waals surface area (Å²) in [6, 6.07) is 14.7. The zero-order valence-corrected chi connectivity index (χ0v) is 16.1. The Labute approximate surface area is 167 Å². The van der Waals surface area contributed by atoms with Crippen LogP contribution < -0.4 is 5.56 Å². The van der Waals surface area contributed by atoms with Crippen LogP contribution in [0.15, 0.2) is 53.3 Å². The van der Waals surface area contributed by atoms with Crippen molar-refractivity contribution in [3.8, 4) is 0 Å². The number of fused-ring (bicyclic) bond motifs is 2. The highest BCUT2D eigenvalue weighted by Crippen LogP contribution is 2.33. The molecule has 1 atom stereocenters. The molecule has 4 rings (SSSR count). The molecule has 29 heavy (non-hydrogen) atoms. The number of aromatic amines is 1. The lowest BCUT2D eigenvalue weighted by Crippen LogP contribution is -2.36. The molecule has 0 radical (unpaired) electrons. The number of benzene rings is 2. The molecule has 0 fully saturated rings. The Kier molecular flexibility index (Phi) is 5.12. The summed E-state index contributed by atoms with van der Waals surface area (Å²) in [6.07, 6.45) is 2.89. The number of carbonyl (C=O) groups excluding carboxylic acids is 2. The number of rotatable bonds is 4. The summed E-state index contributed by atoms with van der Waals surface area (Å²) in [5.74, 6) is -1.03. The van der Waals surface area contributed by atoms with Gasteiger partial charge in [-0.25, -0.2) is 9.89 Å². The number of nitrogens with one attached hydrogen (secondary N) is 1. The van der Waals surface area contributed by atoms with Crippen LogP contribution in [0.25, 0.3) is 10.8 Å². The van der Waals surface area contributed by atoms with E-state index in [4.69, 9.17) is 4.74 Å². The largest absolute Gasteiger partial charge is 0.451 e. The lowest BCUT2D eigenvalue weighted by molar-refractivity contribution is -0.135. The third-order valence-corrected chi connectivity index (χ3v) is 5.41. The Morgan fingerprint density at radius 2 is 1.86 bits per heavy atom. The topological polar surface area (TPSA) is 92.4 Å². The number of hydrogen-bond acceptors (Lipinski definition) is 5. The quantitative estimate of drug-likeness (QED) is 0.690. The van der Waals surface area contributed by atoms with Crippen molar-refractivity contribution in [2.45, 2.75) is 25.3 Å². The molecule has 0 aliphatic heterocycles. The fraction of sp³-hybridized carbons (Fsp3) is 0.273. The van der Waals surface area contributed by atoms with E-state index in [1.165, 1.54) is 5.56 Å². The molecule has 3 aromatic rings. The Hall–Kier alpha value is -3.48. The number of likely N-dealkylation sites (N-methyl/N-ethyl adjacent to an activating group) is 1. The molecular formula is C22H21N3O4. The molecule has 1 amide bonds. The minimum atomic E-state index is -0.747. The maximum absolute atomic E-state index is 12.7. The first kappa shape index (κ1) is 18.9. The minimum Gasteiger partial charge on any atom is -0.451 e. The van der Waals surface area contributed by atoms with Gasteiger partial charge < -0.3 is 9.64 Å². The molecular weight excluding hydrogens is 370 g/mol. The summed E-state index contributed by atoms with van der Waals surface area (Å²) < 4.78 is 5.22. The fourth-order valence-electron chi connectivity index (χ4n) is 3.87. The van der Waals surface area contributed by atoms with Crippen LogP contribution >= 0.6 is 0 Å².